The van der Waals surface area contributed by atoms with Crippen LogP contribution in [0.4, 0.5) is 0 Å². The third-order valence-corrected chi connectivity index (χ3v) is 3.81. The van der Waals surface area contributed by atoms with Crippen molar-refractivity contribution < 1.29 is 14.6 Å². The number of rotatable bonds is 3. The van der Waals surface area contributed by atoms with Crippen LogP contribution in [-0.4, -0.2) is 38.0 Å². The first-order valence-electron chi connectivity index (χ1n) is 7.21. The number of hydrogen-bond acceptors (Lipinski definition) is 5. The van der Waals surface area contributed by atoms with Gasteiger partial charge in [-0.15, -0.1) is 10.2 Å². The van der Waals surface area contributed by atoms with Crippen LogP contribution in [0.1, 0.15) is 10.5 Å². The SMILES string of the molecule is COc1ccc(-c2nnc3c4ccccc4c(C(=O)O)nn23)cc1. The molecule has 0 bridgehead atoms. The van der Waals surface area contributed by atoms with Crippen LogP contribution in [0.15, 0.2) is 48.5 Å². The van der Waals surface area contributed by atoms with Crippen molar-refractivity contribution in [2.75, 3.05) is 7.11 Å². The molecule has 7 nitrogen and oxygen atoms in total. The lowest BCUT2D eigenvalue weighted by molar-refractivity contribution is 0.0691. The molecule has 0 amide bonds. The van der Waals surface area contributed by atoms with E-state index in [9.17, 15) is 9.90 Å². The van der Waals surface area contributed by atoms with E-state index in [4.69, 9.17) is 4.74 Å². The Labute approximate surface area is 136 Å². The number of carbonyl (C=O) groups is 1. The Hall–Kier alpha value is -3.48. The Morgan fingerprint density at radius 1 is 1.04 bits per heavy atom. The maximum atomic E-state index is 11.6. The highest BCUT2D eigenvalue weighted by molar-refractivity contribution is 6.05. The Bertz CT molecular complexity index is 1070. The molecule has 2 aromatic carbocycles. The molecule has 7 heteroatoms. The second-order valence-corrected chi connectivity index (χ2v) is 5.19. The van der Waals surface area contributed by atoms with E-state index in [-0.39, 0.29) is 5.69 Å². The zero-order valence-electron chi connectivity index (χ0n) is 12.7. The van der Waals surface area contributed by atoms with Gasteiger partial charge in [-0.25, -0.2) is 4.79 Å². The molecule has 0 spiro atoms. The smallest absolute Gasteiger partial charge is 0.357 e. The van der Waals surface area contributed by atoms with E-state index in [2.05, 4.69) is 15.3 Å². The normalized spacial score (nSPS) is 11.0. The minimum absolute atomic E-state index is 0.0346. The molecule has 0 unspecified atom stereocenters. The van der Waals surface area contributed by atoms with Crippen molar-refractivity contribution in [3.8, 4) is 17.1 Å². The number of carboxylic acids is 1. The number of carboxylic acid groups (broad SMARTS) is 1. The van der Waals surface area contributed by atoms with Gasteiger partial charge in [-0.2, -0.15) is 9.61 Å². The molecule has 2 aromatic heterocycles. The lowest BCUT2D eigenvalue weighted by atomic mass is 10.1. The van der Waals surface area contributed by atoms with Crippen molar-refractivity contribution in [3.63, 3.8) is 0 Å². The first-order valence-corrected chi connectivity index (χ1v) is 7.21. The number of aromatic carboxylic acids is 1. The van der Waals surface area contributed by atoms with Gasteiger partial charge >= 0.3 is 5.97 Å². The van der Waals surface area contributed by atoms with Gasteiger partial charge < -0.3 is 9.84 Å². The second kappa shape index (κ2) is 5.31. The third-order valence-electron chi connectivity index (χ3n) is 3.81. The highest BCUT2D eigenvalue weighted by Gasteiger charge is 2.18. The van der Waals surface area contributed by atoms with Crippen molar-refractivity contribution in [2.24, 2.45) is 0 Å². The van der Waals surface area contributed by atoms with E-state index in [1.54, 1.807) is 31.4 Å². The van der Waals surface area contributed by atoms with Gasteiger partial charge in [0, 0.05) is 16.3 Å². The van der Waals surface area contributed by atoms with Gasteiger partial charge in [0.1, 0.15) is 5.75 Å². The standard InChI is InChI=1S/C17H12N4O3/c1-24-11-8-6-10(7-9-11)15-18-19-16-13-5-3-2-4-12(13)14(17(22)23)20-21(15)16/h2-9H,1H3,(H,22,23). The first-order chi connectivity index (χ1) is 11.7. The summed E-state index contributed by atoms with van der Waals surface area (Å²) in [5.41, 5.74) is 1.25. The van der Waals surface area contributed by atoms with Crippen LogP contribution in [0.5, 0.6) is 5.75 Å². The van der Waals surface area contributed by atoms with Crippen LogP contribution in [0.25, 0.3) is 27.8 Å². The molecule has 0 radical (unpaired) electrons. The van der Waals surface area contributed by atoms with Gasteiger partial charge in [-0.3, -0.25) is 0 Å². The second-order valence-electron chi connectivity index (χ2n) is 5.19. The molecule has 1 N–H and O–H groups in total. The Morgan fingerprint density at radius 2 is 1.75 bits per heavy atom. The predicted molar refractivity (Wildman–Crippen MR) is 87.2 cm³/mol. The molecular weight excluding hydrogens is 308 g/mol. The molecule has 0 fully saturated rings. The number of aromatic nitrogens is 4. The predicted octanol–water partition coefficient (Wildman–Crippen LogP) is 2.65. The zero-order valence-corrected chi connectivity index (χ0v) is 12.7. The summed E-state index contributed by atoms with van der Waals surface area (Å²) in [5.74, 6) is 0.0978. The highest BCUT2D eigenvalue weighted by Crippen LogP contribution is 2.26. The lowest BCUT2D eigenvalue weighted by Gasteiger charge is -2.05. The summed E-state index contributed by atoms with van der Waals surface area (Å²) in [7, 11) is 1.59. The topological polar surface area (TPSA) is 89.6 Å². The summed E-state index contributed by atoms with van der Waals surface area (Å²) in [5, 5.41) is 23.3. The van der Waals surface area contributed by atoms with Crippen molar-refractivity contribution in [3.05, 3.63) is 54.2 Å². The monoisotopic (exact) mass is 320 g/mol. The summed E-state index contributed by atoms with van der Waals surface area (Å²) >= 11 is 0. The Kier molecular flexibility index (Phi) is 3.13. The zero-order chi connectivity index (χ0) is 16.7. The summed E-state index contributed by atoms with van der Waals surface area (Å²) < 4.78 is 6.61. The van der Waals surface area contributed by atoms with E-state index < -0.39 is 5.97 Å². The molecule has 4 rings (SSSR count). The minimum atomic E-state index is -1.09. The number of hydrogen-bond donors (Lipinski definition) is 1. The number of fused-ring (bicyclic) bond motifs is 3. The van der Waals surface area contributed by atoms with Crippen LogP contribution < -0.4 is 4.74 Å². The van der Waals surface area contributed by atoms with Gasteiger partial charge in [0.25, 0.3) is 0 Å². The van der Waals surface area contributed by atoms with E-state index in [1.807, 2.05) is 24.3 Å². The molecule has 0 aliphatic rings. The summed E-state index contributed by atoms with van der Waals surface area (Å²) in [6.07, 6.45) is 0. The average Bonchev–Trinajstić information content (AvgIpc) is 3.05. The first kappa shape index (κ1) is 14.1. The molecule has 118 valence electrons. The van der Waals surface area contributed by atoms with Crippen molar-refractivity contribution >= 4 is 22.4 Å². The molecule has 0 aliphatic carbocycles. The fourth-order valence-electron chi connectivity index (χ4n) is 2.66. The molecule has 4 aromatic rings. The molecule has 2 heterocycles. The fourth-order valence-corrected chi connectivity index (χ4v) is 2.66. The van der Waals surface area contributed by atoms with E-state index >= 15 is 0 Å². The van der Waals surface area contributed by atoms with Crippen molar-refractivity contribution in [1.29, 1.82) is 0 Å². The molecule has 0 atom stereocenters. The summed E-state index contributed by atoms with van der Waals surface area (Å²) in [4.78, 5) is 11.6. The number of nitrogens with zero attached hydrogens (tertiary/aromatic N) is 4. The van der Waals surface area contributed by atoms with Gasteiger partial charge in [0.2, 0.25) is 0 Å². The maximum absolute atomic E-state index is 11.6. The van der Waals surface area contributed by atoms with Crippen molar-refractivity contribution in [1.82, 2.24) is 19.8 Å². The van der Waals surface area contributed by atoms with Gasteiger partial charge in [0.15, 0.2) is 17.2 Å². The van der Waals surface area contributed by atoms with E-state index in [1.165, 1.54) is 4.52 Å². The molecule has 0 saturated carbocycles. The van der Waals surface area contributed by atoms with E-state index in [0.29, 0.717) is 22.2 Å². The maximum Gasteiger partial charge on any atom is 0.357 e. The fraction of sp³-hybridized carbons (Fsp3) is 0.0588. The van der Waals surface area contributed by atoms with E-state index in [0.717, 1.165) is 11.3 Å². The average molecular weight is 320 g/mol. The number of ether oxygens (including phenoxy) is 1. The lowest BCUT2D eigenvalue weighted by Crippen LogP contribution is -2.07. The summed E-state index contributed by atoms with van der Waals surface area (Å²) in [6.45, 7) is 0. The van der Waals surface area contributed by atoms with Crippen LogP contribution in [0.3, 0.4) is 0 Å². The van der Waals surface area contributed by atoms with Gasteiger partial charge in [-0.05, 0) is 24.3 Å². The molecule has 0 aliphatic heterocycles. The van der Waals surface area contributed by atoms with Crippen LogP contribution in [-0.2, 0) is 0 Å². The largest absolute Gasteiger partial charge is 0.497 e. The Balaban J connectivity index is 2.03. The minimum Gasteiger partial charge on any atom is -0.497 e. The van der Waals surface area contributed by atoms with Gasteiger partial charge in [0.05, 0.1) is 7.11 Å². The number of methoxy groups -OCH3 is 1. The third kappa shape index (κ3) is 2.06. The van der Waals surface area contributed by atoms with Crippen LogP contribution in [0.2, 0.25) is 0 Å². The van der Waals surface area contributed by atoms with Crippen molar-refractivity contribution in [2.45, 2.75) is 0 Å². The van der Waals surface area contributed by atoms with Gasteiger partial charge in [-0.1, -0.05) is 24.3 Å². The van der Waals surface area contributed by atoms with Crippen LogP contribution >= 0.6 is 0 Å². The quantitative estimate of drug-likeness (QED) is 0.624. The molecule has 24 heavy (non-hydrogen) atoms. The summed E-state index contributed by atoms with van der Waals surface area (Å²) in [6, 6.07) is 14.4. The highest BCUT2D eigenvalue weighted by atomic mass is 16.5. The number of benzene rings is 2. The Morgan fingerprint density at radius 3 is 2.42 bits per heavy atom. The van der Waals surface area contributed by atoms with Crippen LogP contribution in [0, 0.1) is 0 Å². The molecule has 0 saturated heterocycles. The molecular formula is C17H12N4O3.